The summed E-state index contributed by atoms with van der Waals surface area (Å²) >= 11 is 0. The molecule has 0 saturated heterocycles. The molecule has 2 aromatic rings. The highest BCUT2D eigenvalue weighted by Gasteiger charge is 1.96. The maximum atomic E-state index is 5.45. The van der Waals surface area contributed by atoms with Gasteiger partial charge in [-0.2, -0.15) is 0 Å². The van der Waals surface area contributed by atoms with Crippen molar-refractivity contribution in [2.45, 2.75) is 6.54 Å². The summed E-state index contributed by atoms with van der Waals surface area (Å²) < 4.78 is 0. The van der Waals surface area contributed by atoms with Crippen LogP contribution < -0.4 is 5.73 Å². The summed E-state index contributed by atoms with van der Waals surface area (Å²) in [7, 11) is 0. The normalized spacial score (nSPS) is 9.00. The molecule has 0 aromatic carbocycles. The number of fused-ring (bicyclic) bond motifs is 1. The molecule has 0 saturated carbocycles. The van der Waals surface area contributed by atoms with Crippen molar-refractivity contribution >= 4 is 35.8 Å². The van der Waals surface area contributed by atoms with Gasteiger partial charge in [0, 0.05) is 18.4 Å². The average Bonchev–Trinajstić information content (AvgIpc) is 2.46. The van der Waals surface area contributed by atoms with Crippen LogP contribution in [0, 0.1) is 0 Å². The molecular weight excluding hydrogens is 209 g/mol. The number of H-pyrrole nitrogens is 1. The Kier molecular flexibility index (Phi) is 4.77. The fraction of sp³-hybridized carbons (Fsp3) is 0.125. The van der Waals surface area contributed by atoms with Gasteiger partial charge in [-0.05, 0) is 18.2 Å². The average molecular weight is 220 g/mol. The van der Waals surface area contributed by atoms with Crippen molar-refractivity contribution in [3.8, 4) is 0 Å². The summed E-state index contributed by atoms with van der Waals surface area (Å²) in [6.45, 7) is 0.538. The summed E-state index contributed by atoms with van der Waals surface area (Å²) in [5.74, 6) is 0. The van der Waals surface area contributed by atoms with E-state index in [-0.39, 0.29) is 24.8 Å². The molecule has 0 aliphatic carbocycles. The van der Waals surface area contributed by atoms with Crippen LogP contribution in [-0.4, -0.2) is 9.97 Å². The zero-order valence-corrected chi connectivity index (χ0v) is 8.49. The Labute approximate surface area is 88.6 Å². The number of aromatic nitrogens is 2. The highest BCUT2D eigenvalue weighted by atomic mass is 35.5. The minimum atomic E-state index is 0. The minimum Gasteiger partial charge on any atom is -0.356 e. The zero-order chi connectivity index (χ0) is 7.68. The molecule has 13 heavy (non-hydrogen) atoms. The van der Waals surface area contributed by atoms with Gasteiger partial charge in [0.1, 0.15) is 0 Å². The van der Waals surface area contributed by atoms with Crippen molar-refractivity contribution in [1.29, 1.82) is 0 Å². The molecule has 0 bridgehead atoms. The highest BCUT2D eigenvalue weighted by molar-refractivity contribution is 5.85. The van der Waals surface area contributed by atoms with Gasteiger partial charge >= 0.3 is 0 Å². The van der Waals surface area contributed by atoms with Crippen LogP contribution in [0.2, 0.25) is 0 Å². The van der Waals surface area contributed by atoms with E-state index in [2.05, 4.69) is 9.97 Å². The minimum absolute atomic E-state index is 0. The molecule has 72 valence electrons. The van der Waals surface area contributed by atoms with Gasteiger partial charge in [-0.3, -0.25) is 4.98 Å². The molecule has 3 N–H and O–H groups in total. The van der Waals surface area contributed by atoms with E-state index < -0.39 is 0 Å². The Hall–Kier alpha value is -0.770. The molecule has 0 fully saturated rings. The molecule has 0 amide bonds. The van der Waals surface area contributed by atoms with Crippen molar-refractivity contribution in [2.75, 3.05) is 0 Å². The van der Waals surface area contributed by atoms with Crippen LogP contribution >= 0.6 is 24.8 Å². The third-order valence-electron chi connectivity index (χ3n) is 1.66. The number of nitrogens with two attached hydrogens (primary N) is 1. The number of aromatic amines is 1. The van der Waals surface area contributed by atoms with E-state index >= 15 is 0 Å². The Morgan fingerprint density at radius 1 is 1.38 bits per heavy atom. The van der Waals surface area contributed by atoms with Crippen LogP contribution in [0.1, 0.15) is 5.69 Å². The van der Waals surface area contributed by atoms with E-state index in [0.717, 1.165) is 16.7 Å². The van der Waals surface area contributed by atoms with Crippen LogP contribution in [0.5, 0.6) is 0 Å². The van der Waals surface area contributed by atoms with E-state index in [1.165, 1.54) is 0 Å². The number of nitrogens with one attached hydrogen (secondary N) is 1. The molecular formula is C8H11Cl2N3. The van der Waals surface area contributed by atoms with E-state index in [0.29, 0.717) is 6.54 Å². The highest BCUT2D eigenvalue weighted by Crippen LogP contribution is 2.10. The second kappa shape index (κ2) is 5.07. The van der Waals surface area contributed by atoms with Crippen molar-refractivity contribution in [3.05, 3.63) is 30.1 Å². The standard InChI is InChI=1S/C8H9N3.2ClH/c9-5-6-4-8-7(11-6)2-1-3-10-8;;/h1-4,11H,5,9H2;2*1H. The summed E-state index contributed by atoms with van der Waals surface area (Å²) in [5.41, 5.74) is 8.51. The maximum Gasteiger partial charge on any atom is 0.0882 e. The number of hydrogen-bond donors (Lipinski definition) is 2. The van der Waals surface area contributed by atoms with E-state index in [1.807, 2.05) is 18.2 Å². The molecule has 5 heteroatoms. The molecule has 0 radical (unpaired) electrons. The van der Waals surface area contributed by atoms with Crippen molar-refractivity contribution in [2.24, 2.45) is 5.73 Å². The third-order valence-corrected chi connectivity index (χ3v) is 1.66. The number of pyridine rings is 1. The summed E-state index contributed by atoms with van der Waals surface area (Å²) in [5, 5.41) is 0. The molecule has 0 unspecified atom stereocenters. The van der Waals surface area contributed by atoms with Gasteiger partial charge in [0.25, 0.3) is 0 Å². The lowest BCUT2D eigenvalue weighted by Gasteiger charge is -1.84. The summed E-state index contributed by atoms with van der Waals surface area (Å²) in [6, 6.07) is 5.86. The van der Waals surface area contributed by atoms with Gasteiger partial charge in [0.05, 0.1) is 11.0 Å². The van der Waals surface area contributed by atoms with Gasteiger partial charge < -0.3 is 10.7 Å². The Balaban J connectivity index is 0.000000720. The lowest BCUT2D eigenvalue weighted by Crippen LogP contribution is -1.94. The fourth-order valence-corrected chi connectivity index (χ4v) is 1.12. The number of halogens is 2. The molecule has 2 heterocycles. The van der Waals surface area contributed by atoms with Crippen molar-refractivity contribution in [3.63, 3.8) is 0 Å². The zero-order valence-electron chi connectivity index (χ0n) is 6.86. The molecule has 3 nitrogen and oxygen atoms in total. The van der Waals surface area contributed by atoms with Gasteiger partial charge in [0.2, 0.25) is 0 Å². The predicted molar refractivity (Wildman–Crippen MR) is 58.5 cm³/mol. The third kappa shape index (κ3) is 2.34. The van der Waals surface area contributed by atoms with Crippen LogP contribution in [0.15, 0.2) is 24.4 Å². The first-order chi connectivity index (χ1) is 5.40. The van der Waals surface area contributed by atoms with Crippen LogP contribution in [0.3, 0.4) is 0 Å². The van der Waals surface area contributed by atoms with Gasteiger partial charge in [-0.15, -0.1) is 24.8 Å². The monoisotopic (exact) mass is 219 g/mol. The van der Waals surface area contributed by atoms with E-state index in [9.17, 15) is 0 Å². The lowest BCUT2D eigenvalue weighted by molar-refractivity contribution is 1.02. The Morgan fingerprint density at radius 2 is 2.15 bits per heavy atom. The predicted octanol–water partition coefficient (Wildman–Crippen LogP) is 1.87. The Morgan fingerprint density at radius 3 is 2.77 bits per heavy atom. The lowest BCUT2D eigenvalue weighted by atomic mass is 10.4. The molecule has 2 rings (SSSR count). The van der Waals surface area contributed by atoms with Crippen LogP contribution in [-0.2, 0) is 6.54 Å². The molecule has 0 atom stereocenters. The van der Waals surface area contributed by atoms with E-state index in [4.69, 9.17) is 5.73 Å². The summed E-state index contributed by atoms with van der Waals surface area (Å²) in [6.07, 6.45) is 1.77. The van der Waals surface area contributed by atoms with Gasteiger partial charge in [0.15, 0.2) is 0 Å². The number of rotatable bonds is 1. The SMILES string of the molecule is Cl.Cl.NCc1cc2ncccc2[nH]1. The second-order valence-electron chi connectivity index (χ2n) is 2.43. The van der Waals surface area contributed by atoms with Gasteiger partial charge in [-0.25, -0.2) is 0 Å². The van der Waals surface area contributed by atoms with Crippen molar-refractivity contribution in [1.82, 2.24) is 9.97 Å². The second-order valence-corrected chi connectivity index (χ2v) is 2.43. The quantitative estimate of drug-likeness (QED) is 0.770. The first kappa shape index (κ1) is 12.2. The topological polar surface area (TPSA) is 54.7 Å². The van der Waals surface area contributed by atoms with E-state index in [1.54, 1.807) is 6.20 Å². The fourth-order valence-electron chi connectivity index (χ4n) is 1.12. The van der Waals surface area contributed by atoms with Gasteiger partial charge in [-0.1, -0.05) is 0 Å². The van der Waals surface area contributed by atoms with Crippen LogP contribution in [0.4, 0.5) is 0 Å². The molecule has 0 spiro atoms. The van der Waals surface area contributed by atoms with Crippen molar-refractivity contribution < 1.29 is 0 Å². The molecule has 2 aromatic heterocycles. The van der Waals surface area contributed by atoms with Crippen LogP contribution in [0.25, 0.3) is 11.0 Å². The molecule has 0 aliphatic heterocycles. The number of hydrogen-bond acceptors (Lipinski definition) is 2. The molecule has 0 aliphatic rings. The first-order valence-corrected chi connectivity index (χ1v) is 3.53. The maximum absolute atomic E-state index is 5.45. The smallest absolute Gasteiger partial charge is 0.0882 e. The number of nitrogens with zero attached hydrogens (tertiary/aromatic N) is 1. The summed E-state index contributed by atoms with van der Waals surface area (Å²) in [4.78, 5) is 7.32. The first-order valence-electron chi connectivity index (χ1n) is 3.53. The largest absolute Gasteiger partial charge is 0.356 e. The Bertz CT molecular complexity index is 339.